The Morgan fingerprint density at radius 2 is 1.95 bits per heavy atom. The maximum atomic E-state index is 12.7. The summed E-state index contributed by atoms with van der Waals surface area (Å²) in [6.45, 7) is 2.21. The van der Waals surface area contributed by atoms with Crippen molar-refractivity contribution in [2.24, 2.45) is 13.0 Å². The van der Waals surface area contributed by atoms with Gasteiger partial charge in [0.05, 0.1) is 18.7 Å². The lowest BCUT2D eigenvalue weighted by Gasteiger charge is -2.29. The van der Waals surface area contributed by atoms with Crippen molar-refractivity contribution >= 4 is 21.8 Å². The first-order chi connectivity index (χ1) is 9.78. The molecule has 0 spiro atoms. The molecule has 0 bridgehead atoms. The quantitative estimate of drug-likeness (QED) is 0.779. The second-order valence-electron chi connectivity index (χ2n) is 5.12. The minimum atomic E-state index is -3.69. The molecule has 2 N–H and O–H groups in total. The van der Waals surface area contributed by atoms with E-state index in [1.165, 1.54) is 16.1 Å². The molecule has 0 radical (unpaired) electrons. The van der Waals surface area contributed by atoms with Gasteiger partial charge in [-0.15, -0.1) is 0 Å². The van der Waals surface area contributed by atoms with Crippen LogP contribution in [-0.4, -0.2) is 48.7 Å². The van der Waals surface area contributed by atoms with E-state index in [1.807, 2.05) is 0 Å². The van der Waals surface area contributed by atoms with Crippen molar-refractivity contribution in [2.75, 3.05) is 25.9 Å². The average molecular weight is 316 g/mol. The molecule has 0 amide bonds. The molecule has 0 unspecified atom stereocenters. The van der Waals surface area contributed by atoms with Crippen LogP contribution in [0.4, 0.5) is 5.82 Å². The van der Waals surface area contributed by atoms with Crippen LogP contribution in [-0.2, 0) is 26.6 Å². The maximum absolute atomic E-state index is 12.7. The lowest BCUT2D eigenvalue weighted by Crippen LogP contribution is -2.40. The van der Waals surface area contributed by atoms with Gasteiger partial charge in [-0.1, -0.05) is 0 Å². The molecule has 1 aliphatic heterocycles. The molecular weight excluding hydrogens is 296 g/mol. The molecule has 1 saturated heterocycles. The fraction of sp³-hybridized carbons (Fsp3) is 0.667. The van der Waals surface area contributed by atoms with Crippen LogP contribution in [0.1, 0.15) is 18.5 Å². The summed E-state index contributed by atoms with van der Waals surface area (Å²) in [4.78, 5) is 11.5. The summed E-state index contributed by atoms with van der Waals surface area (Å²) in [5.74, 6) is -0.525. The Labute approximate surface area is 123 Å². The number of rotatable bonds is 3. The monoisotopic (exact) mass is 316 g/mol. The van der Waals surface area contributed by atoms with Gasteiger partial charge in [-0.2, -0.15) is 9.40 Å². The van der Waals surface area contributed by atoms with Crippen LogP contribution in [0.15, 0.2) is 4.90 Å². The van der Waals surface area contributed by atoms with Crippen molar-refractivity contribution < 1.29 is 17.9 Å². The number of nitrogens with two attached hydrogens (primary N) is 1. The van der Waals surface area contributed by atoms with E-state index in [1.54, 1.807) is 14.0 Å². The maximum Gasteiger partial charge on any atom is 0.308 e. The SMILES string of the molecule is COC(=O)C1CCN(S(=O)(=O)c2c(N)nn(C)c2C)CC1. The van der Waals surface area contributed by atoms with Gasteiger partial charge in [0.25, 0.3) is 0 Å². The number of carbonyl (C=O) groups is 1. The Hall–Kier alpha value is -1.61. The summed E-state index contributed by atoms with van der Waals surface area (Å²) in [6, 6.07) is 0. The van der Waals surface area contributed by atoms with Crippen molar-refractivity contribution in [1.82, 2.24) is 14.1 Å². The molecule has 2 heterocycles. The van der Waals surface area contributed by atoms with E-state index >= 15 is 0 Å². The fourth-order valence-corrected chi connectivity index (χ4v) is 4.32. The summed E-state index contributed by atoms with van der Waals surface area (Å²) in [6.07, 6.45) is 0.899. The minimum absolute atomic E-state index is 0.00471. The Morgan fingerprint density at radius 1 is 1.38 bits per heavy atom. The molecular formula is C12H20N4O4S. The second kappa shape index (κ2) is 5.64. The summed E-state index contributed by atoms with van der Waals surface area (Å²) in [7, 11) is -0.700. The van der Waals surface area contributed by atoms with Crippen LogP contribution in [0, 0.1) is 12.8 Å². The Balaban J connectivity index is 2.21. The third kappa shape index (κ3) is 2.75. The van der Waals surface area contributed by atoms with Crippen molar-refractivity contribution in [3.8, 4) is 0 Å². The van der Waals surface area contributed by atoms with Gasteiger partial charge in [-0.05, 0) is 19.8 Å². The first-order valence-corrected chi connectivity index (χ1v) is 8.10. The summed E-state index contributed by atoms with van der Waals surface area (Å²) >= 11 is 0. The molecule has 1 aromatic rings. The zero-order valence-electron chi connectivity index (χ0n) is 12.4. The number of anilines is 1. The normalized spacial score (nSPS) is 17.9. The number of sulfonamides is 1. The van der Waals surface area contributed by atoms with Crippen LogP contribution in [0.3, 0.4) is 0 Å². The molecule has 1 fully saturated rings. The third-order valence-electron chi connectivity index (χ3n) is 3.89. The highest BCUT2D eigenvalue weighted by atomic mass is 32.2. The van der Waals surface area contributed by atoms with Crippen LogP contribution in [0.5, 0.6) is 0 Å². The number of methoxy groups -OCH3 is 1. The van der Waals surface area contributed by atoms with E-state index in [2.05, 4.69) is 5.10 Å². The van der Waals surface area contributed by atoms with Crippen LogP contribution < -0.4 is 5.73 Å². The highest BCUT2D eigenvalue weighted by Gasteiger charge is 2.35. The van der Waals surface area contributed by atoms with Gasteiger partial charge < -0.3 is 10.5 Å². The number of hydrogen-bond donors (Lipinski definition) is 1. The Kier molecular flexibility index (Phi) is 4.24. The molecule has 9 heteroatoms. The lowest BCUT2D eigenvalue weighted by molar-refractivity contribution is -0.146. The minimum Gasteiger partial charge on any atom is -0.469 e. The highest BCUT2D eigenvalue weighted by Crippen LogP contribution is 2.29. The van der Waals surface area contributed by atoms with E-state index in [0.717, 1.165) is 0 Å². The number of ether oxygens (including phenoxy) is 1. The Morgan fingerprint density at radius 3 is 2.38 bits per heavy atom. The number of aryl methyl sites for hydroxylation is 1. The highest BCUT2D eigenvalue weighted by molar-refractivity contribution is 7.89. The van der Waals surface area contributed by atoms with Crippen molar-refractivity contribution in [2.45, 2.75) is 24.7 Å². The summed E-state index contributed by atoms with van der Waals surface area (Å²) in [5, 5.41) is 3.94. The van der Waals surface area contributed by atoms with E-state index in [-0.39, 0.29) is 35.7 Å². The second-order valence-corrected chi connectivity index (χ2v) is 7.00. The van der Waals surface area contributed by atoms with Crippen molar-refractivity contribution in [3.63, 3.8) is 0 Å². The van der Waals surface area contributed by atoms with Gasteiger partial charge in [0.2, 0.25) is 10.0 Å². The zero-order chi connectivity index (χ0) is 15.8. The Bertz CT molecular complexity index is 644. The predicted molar refractivity (Wildman–Crippen MR) is 75.9 cm³/mol. The third-order valence-corrected chi connectivity index (χ3v) is 5.96. The molecule has 0 aliphatic carbocycles. The van der Waals surface area contributed by atoms with Crippen LogP contribution in [0.2, 0.25) is 0 Å². The fourth-order valence-electron chi connectivity index (χ4n) is 2.56. The number of piperidine rings is 1. The molecule has 2 rings (SSSR count). The molecule has 118 valence electrons. The largest absolute Gasteiger partial charge is 0.469 e. The standard InChI is InChI=1S/C12H20N4O4S/c1-8-10(11(13)14-15(8)2)21(18,19)16-6-4-9(5-7-16)12(17)20-3/h9H,4-7H2,1-3H3,(H2,13,14). The summed E-state index contributed by atoms with van der Waals surface area (Å²) < 4.78 is 32.8. The average Bonchev–Trinajstić information content (AvgIpc) is 2.71. The zero-order valence-corrected chi connectivity index (χ0v) is 13.2. The van der Waals surface area contributed by atoms with Gasteiger partial charge in [0.1, 0.15) is 4.90 Å². The lowest BCUT2D eigenvalue weighted by atomic mass is 9.99. The molecule has 8 nitrogen and oxygen atoms in total. The van der Waals surface area contributed by atoms with Gasteiger partial charge in [-0.25, -0.2) is 8.42 Å². The molecule has 0 atom stereocenters. The molecule has 0 saturated carbocycles. The number of nitrogen functional groups attached to an aromatic ring is 1. The van der Waals surface area contributed by atoms with Crippen molar-refractivity contribution in [1.29, 1.82) is 0 Å². The molecule has 1 aliphatic rings. The number of esters is 1. The van der Waals surface area contributed by atoms with Gasteiger partial charge in [0, 0.05) is 20.1 Å². The van der Waals surface area contributed by atoms with Crippen LogP contribution in [0.25, 0.3) is 0 Å². The van der Waals surface area contributed by atoms with E-state index in [4.69, 9.17) is 10.5 Å². The number of hydrogen-bond acceptors (Lipinski definition) is 6. The van der Waals surface area contributed by atoms with E-state index < -0.39 is 10.0 Å². The molecule has 1 aromatic heterocycles. The summed E-state index contributed by atoms with van der Waals surface area (Å²) in [5.41, 5.74) is 6.22. The van der Waals surface area contributed by atoms with Gasteiger partial charge in [-0.3, -0.25) is 9.48 Å². The molecule has 21 heavy (non-hydrogen) atoms. The number of carbonyl (C=O) groups excluding carboxylic acids is 1. The number of nitrogens with zero attached hydrogens (tertiary/aromatic N) is 3. The van der Waals surface area contributed by atoms with Gasteiger partial charge in [0.15, 0.2) is 5.82 Å². The smallest absolute Gasteiger partial charge is 0.308 e. The van der Waals surface area contributed by atoms with E-state index in [0.29, 0.717) is 18.5 Å². The van der Waals surface area contributed by atoms with Gasteiger partial charge >= 0.3 is 5.97 Å². The van der Waals surface area contributed by atoms with Crippen molar-refractivity contribution in [3.05, 3.63) is 5.69 Å². The first-order valence-electron chi connectivity index (χ1n) is 6.66. The first kappa shape index (κ1) is 15.8. The van der Waals surface area contributed by atoms with E-state index in [9.17, 15) is 13.2 Å². The number of aromatic nitrogens is 2. The molecule has 0 aromatic carbocycles. The van der Waals surface area contributed by atoms with Crippen LogP contribution >= 0.6 is 0 Å². The topological polar surface area (TPSA) is 108 Å². The predicted octanol–water partition coefficient (Wildman–Crippen LogP) is -0.116.